The van der Waals surface area contributed by atoms with Crippen LogP contribution in [0, 0.1) is 0 Å². The highest BCUT2D eigenvalue weighted by Crippen LogP contribution is 2.18. The van der Waals surface area contributed by atoms with Gasteiger partial charge in [-0.2, -0.15) is 0 Å². The van der Waals surface area contributed by atoms with Crippen molar-refractivity contribution in [3.63, 3.8) is 0 Å². The van der Waals surface area contributed by atoms with E-state index in [0.717, 1.165) is 16.9 Å². The molecule has 0 fully saturated rings. The molecule has 30 heavy (non-hydrogen) atoms. The van der Waals surface area contributed by atoms with E-state index in [2.05, 4.69) is 10.3 Å². The second-order valence-corrected chi connectivity index (χ2v) is 7.34. The third kappa shape index (κ3) is 4.42. The van der Waals surface area contributed by atoms with E-state index in [1.54, 1.807) is 36.4 Å². The number of rotatable bonds is 7. The number of benzene rings is 3. The van der Waals surface area contributed by atoms with Gasteiger partial charge in [0.15, 0.2) is 5.78 Å². The highest BCUT2D eigenvalue weighted by molar-refractivity contribution is 6.30. The molecule has 0 saturated heterocycles. The molecule has 0 aliphatic rings. The largest absolute Gasteiger partial charge is 0.352 e. The van der Waals surface area contributed by atoms with E-state index < -0.39 is 0 Å². The van der Waals surface area contributed by atoms with Crippen LogP contribution in [0.2, 0.25) is 5.02 Å². The van der Waals surface area contributed by atoms with Crippen molar-refractivity contribution in [2.75, 3.05) is 6.54 Å². The molecular weight excluding hydrogens is 398 g/mol. The van der Waals surface area contributed by atoms with Crippen LogP contribution in [0.15, 0.2) is 78.9 Å². The smallest absolute Gasteiger partial charge is 0.251 e. The van der Waals surface area contributed by atoms with E-state index in [1.165, 1.54) is 0 Å². The van der Waals surface area contributed by atoms with Crippen molar-refractivity contribution in [1.29, 1.82) is 0 Å². The van der Waals surface area contributed by atoms with Gasteiger partial charge in [-0.3, -0.25) is 9.59 Å². The van der Waals surface area contributed by atoms with Gasteiger partial charge in [-0.05, 0) is 48.5 Å². The summed E-state index contributed by atoms with van der Waals surface area (Å²) in [5.74, 6) is 0.603. The fraction of sp³-hybridized carbons (Fsp3) is 0.125. The number of hydrogen-bond acceptors (Lipinski definition) is 3. The summed E-state index contributed by atoms with van der Waals surface area (Å²) in [6.07, 6.45) is 0.515. The summed E-state index contributed by atoms with van der Waals surface area (Å²) < 4.78 is 1.92. The van der Waals surface area contributed by atoms with Crippen LogP contribution in [-0.4, -0.2) is 27.8 Å². The number of fused-ring (bicyclic) bond motifs is 1. The summed E-state index contributed by atoms with van der Waals surface area (Å²) in [5.41, 5.74) is 2.93. The lowest BCUT2D eigenvalue weighted by Gasteiger charge is -2.10. The molecule has 1 aromatic heterocycles. The molecule has 0 bridgehead atoms. The maximum absolute atomic E-state index is 12.8. The number of Topliss-reactive ketones (excluding diaryl/α,β-unsaturated/α-hetero) is 1. The molecule has 150 valence electrons. The Morgan fingerprint density at radius 1 is 0.867 bits per heavy atom. The molecule has 1 N–H and O–H groups in total. The number of halogens is 1. The molecule has 0 atom stereocenters. The molecule has 1 amide bonds. The normalized spacial score (nSPS) is 10.8. The predicted octanol–water partition coefficient (Wildman–Crippen LogP) is 4.55. The number of nitrogens with one attached hydrogen (secondary N) is 1. The topological polar surface area (TPSA) is 64.0 Å². The fourth-order valence-electron chi connectivity index (χ4n) is 3.34. The monoisotopic (exact) mass is 417 g/mol. The molecule has 0 radical (unpaired) electrons. The van der Waals surface area contributed by atoms with E-state index in [0.29, 0.717) is 29.1 Å². The van der Waals surface area contributed by atoms with Crippen LogP contribution < -0.4 is 5.32 Å². The van der Waals surface area contributed by atoms with Crippen LogP contribution >= 0.6 is 11.6 Å². The standard InChI is InChI=1S/C24H20ClN3O2/c25-19-12-10-17(11-13-19)22(29)16-28-21-9-5-4-8-20(21)27-23(28)14-15-26-24(30)18-6-2-1-3-7-18/h1-13H,14-16H2,(H,26,30). The summed E-state index contributed by atoms with van der Waals surface area (Å²) in [5, 5.41) is 3.51. The van der Waals surface area contributed by atoms with Crippen molar-refractivity contribution in [1.82, 2.24) is 14.9 Å². The fourth-order valence-corrected chi connectivity index (χ4v) is 3.47. The van der Waals surface area contributed by atoms with Crippen molar-refractivity contribution < 1.29 is 9.59 Å². The highest BCUT2D eigenvalue weighted by Gasteiger charge is 2.15. The van der Waals surface area contributed by atoms with Crippen molar-refractivity contribution in [2.24, 2.45) is 0 Å². The summed E-state index contributed by atoms with van der Waals surface area (Å²) in [7, 11) is 0. The number of ketones is 1. The van der Waals surface area contributed by atoms with Crippen molar-refractivity contribution in [3.05, 3.63) is 101 Å². The Morgan fingerprint density at radius 3 is 2.33 bits per heavy atom. The molecule has 0 aliphatic carbocycles. The number of carbonyl (C=O) groups excluding carboxylic acids is 2. The van der Waals surface area contributed by atoms with Crippen LogP contribution in [0.1, 0.15) is 26.5 Å². The first-order chi connectivity index (χ1) is 14.6. The number of imidazole rings is 1. The van der Waals surface area contributed by atoms with E-state index in [4.69, 9.17) is 11.6 Å². The Morgan fingerprint density at radius 2 is 1.57 bits per heavy atom. The van der Waals surface area contributed by atoms with E-state index in [-0.39, 0.29) is 18.2 Å². The van der Waals surface area contributed by atoms with Crippen molar-refractivity contribution >= 4 is 34.3 Å². The Bertz CT molecular complexity index is 1180. The molecule has 0 unspecified atom stereocenters. The van der Waals surface area contributed by atoms with Crippen molar-refractivity contribution in [2.45, 2.75) is 13.0 Å². The first-order valence-electron chi connectivity index (χ1n) is 9.68. The third-order valence-corrected chi connectivity index (χ3v) is 5.12. The maximum atomic E-state index is 12.8. The summed E-state index contributed by atoms with van der Waals surface area (Å²) >= 11 is 5.93. The van der Waals surface area contributed by atoms with Gasteiger partial charge in [-0.15, -0.1) is 0 Å². The second-order valence-electron chi connectivity index (χ2n) is 6.90. The SMILES string of the molecule is O=C(Cn1c(CCNC(=O)c2ccccc2)nc2ccccc21)c1ccc(Cl)cc1. The van der Waals surface area contributed by atoms with Gasteiger partial charge >= 0.3 is 0 Å². The van der Waals surface area contributed by atoms with E-state index in [9.17, 15) is 9.59 Å². The number of nitrogens with zero attached hydrogens (tertiary/aromatic N) is 2. The van der Waals surface area contributed by atoms with Crippen LogP contribution in [0.5, 0.6) is 0 Å². The minimum atomic E-state index is -0.129. The molecule has 0 spiro atoms. The first-order valence-corrected chi connectivity index (χ1v) is 10.1. The lowest BCUT2D eigenvalue weighted by Crippen LogP contribution is -2.26. The maximum Gasteiger partial charge on any atom is 0.251 e. The van der Waals surface area contributed by atoms with Gasteiger partial charge in [0.05, 0.1) is 17.6 Å². The zero-order chi connectivity index (χ0) is 20.9. The van der Waals surface area contributed by atoms with Crippen molar-refractivity contribution in [3.8, 4) is 0 Å². The zero-order valence-corrected chi connectivity index (χ0v) is 17.0. The first kappa shape index (κ1) is 19.9. The molecule has 6 heteroatoms. The summed E-state index contributed by atoms with van der Waals surface area (Å²) in [6, 6.07) is 23.7. The van der Waals surface area contributed by atoms with E-state index >= 15 is 0 Å². The van der Waals surface area contributed by atoms with Gasteiger partial charge in [0.25, 0.3) is 5.91 Å². The lowest BCUT2D eigenvalue weighted by molar-refractivity contribution is 0.0948. The second kappa shape index (κ2) is 8.93. The Balaban J connectivity index is 1.52. The van der Waals surface area contributed by atoms with Crippen LogP contribution in [0.4, 0.5) is 0 Å². The van der Waals surface area contributed by atoms with Crippen LogP contribution in [0.25, 0.3) is 11.0 Å². The quantitative estimate of drug-likeness (QED) is 0.449. The van der Waals surface area contributed by atoms with E-state index in [1.807, 2.05) is 47.0 Å². The van der Waals surface area contributed by atoms with Gasteiger partial charge in [-0.1, -0.05) is 41.9 Å². The minimum absolute atomic E-state index is 0.0237. The lowest BCUT2D eigenvalue weighted by atomic mass is 10.1. The van der Waals surface area contributed by atoms with Gasteiger partial charge in [-0.25, -0.2) is 4.98 Å². The van der Waals surface area contributed by atoms with Gasteiger partial charge in [0.2, 0.25) is 0 Å². The average Bonchev–Trinajstić information content (AvgIpc) is 3.12. The molecular formula is C24H20ClN3O2. The van der Waals surface area contributed by atoms with Gasteiger partial charge in [0.1, 0.15) is 5.82 Å². The molecule has 5 nitrogen and oxygen atoms in total. The van der Waals surface area contributed by atoms with Gasteiger partial charge in [0, 0.05) is 29.1 Å². The van der Waals surface area contributed by atoms with Crippen LogP contribution in [0.3, 0.4) is 0 Å². The molecule has 4 aromatic rings. The number of hydrogen-bond donors (Lipinski definition) is 1. The Kier molecular flexibility index (Phi) is 5.91. The van der Waals surface area contributed by atoms with Crippen LogP contribution in [-0.2, 0) is 13.0 Å². The number of carbonyl (C=O) groups is 2. The Labute approximate surface area is 179 Å². The summed E-state index contributed by atoms with van der Waals surface area (Å²) in [6.45, 7) is 0.594. The average molecular weight is 418 g/mol. The van der Waals surface area contributed by atoms with Gasteiger partial charge < -0.3 is 9.88 Å². The number of amides is 1. The zero-order valence-electron chi connectivity index (χ0n) is 16.2. The molecule has 3 aromatic carbocycles. The predicted molar refractivity (Wildman–Crippen MR) is 118 cm³/mol. The molecule has 4 rings (SSSR count). The molecule has 0 aliphatic heterocycles. The molecule has 0 saturated carbocycles. The molecule has 1 heterocycles. The Hall–Kier alpha value is -3.44. The highest BCUT2D eigenvalue weighted by atomic mass is 35.5. The number of para-hydroxylation sites is 2. The number of aromatic nitrogens is 2. The minimum Gasteiger partial charge on any atom is -0.352 e. The third-order valence-electron chi connectivity index (χ3n) is 4.87. The summed E-state index contributed by atoms with van der Waals surface area (Å²) in [4.78, 5) is 29.8.